The summed E-state index contributed by atoms with van der Waals surface area (Å²) in [6.07, 6.45) is 0. The zero-order valence-electron chi connectivity index (χ0n) is 12.5. The molecule has 0 saturated carbocycles. The molecule has 3 rings (SSSR count). The molecule has 3 aromatic rings. The van der Waals surface area contributed by atoms with Gasteiger partial charge < -0.3 is 5.73 Å². The zero-order chi connectivity index (χ0) is 15.0. The number of aromatic nitrogens is 3. The summed E-state index contributed by atoms with van der Waals surface area (Å²) in [5.74, 6) is 1.59. The van der Waals surface area contributed by atoms with Crippen LogP contribution in [0.25, 0.3) is 22.2 Å². The lowest BCUT2D eigenvalue weighted by Gasteiger charge is -2.17. The van der Waals surface area contributed by atoms with Crippen LogP contribution in [0.15, 0.2) is 42.5 Å². The predicted octanol–water partition coefficient (Wildman–Crippen LogP) is 3.57. The number of benzene rings is 2. The van der Waals surface area contributed by atoms with Crippen LogP contribution in [0, 0.1) is 0 Å². The number of nitrogen functional groups attached to an aromatic ring is 1. The molecular formula is C17H18N4. The van der Waals surface area contributed by atoms with Crippen molar-refractivity contribution >= 4 is 16.7 Å². The van der Waals surface area contributed by atoms with Gasteiger partial charge in [0.25, 0.3) is 0 Å². The van der Waals surface area contributed by atoms with Gasteiger partial charge in [0.15, 0.2) is 5.82 Å². The summed E-state index contributed by atoms with van der Waals surface area (Å²) in [5, 5.41) is 2.35. The molecule has 0 bridgehead atoms. The fourth-order valence-corrected chi connectivity index (χ4v) is 2.19. The van der Waals surface area contributed by atoms with E-state index in [2.05, 4.69) is 60.0 Å². The second-order valence-corrected chi connectivity index (χ2v) is 6.15. The van der Waals surface area contributed by atoms with Gasteiger partial charge in [-0.2, -0.15) is 9.97 Å². The van der Waals surface area contributed by atoms with Crippen molar-refractivity contribution in [2.24, 2.45) is 0 Å². The van der Waals surface area contributed by atoms with Crippen LogP contribution in [0.2, 0.25) is 0 Å². The molecule has 0 amide bonds. The second-order valence-electron chi connectivity index (χ2n) is 6.15. The maximum Gasteiger partial charge on any atom is 0.223 e. The highest BCUT2D eigenvalue weighted by atomic mass is 15.1. The van der Waals surface area contributed by atoms with Crippen molar-refractivity contribution in [1.29, 1.82) is 0 Å². The average Bonchev–Trinajstić information content (AvgIpc) is 2.45. The molecule has 0 aliphatic rings. The first-order chi connectivity index (χ1) is 9.93. The van der Waals surface area contributed by atoms with Gasteiger partial charge >= 0.3 is 0 Å². The average molecular weight is 278 g/mol. The van der Waals surface area contributed by atoms with Crippen LogP contribution in [-0.4, -0.2) is 15.0 Å². The van der Waals surface area contributed by atoms with E-state index in [9.17, 15) is 0 Å². The molecule has 0 aliphatic carbocycles. The largest absolute Gasteiger partial charge is 0.368 e. The van der Waals surface area contributed by atoms with Gasteiger partial charge in [-0.05, 0) is 16.8 Å². The van der Waals surface area contributed by atoms with Crippen molar-refractivity contribution in [1.82, 2.24) is 15.0 Å². The molecule has 21 heavy (non-hydrogen) atoms. The molecule has 4 heteroatoms. The Hall–Kier alpha value is -2.49. The van der Waals surface area contributed by atoms with E-state index in [1.807, 2.05) is 18.2 Å². The Kier molecular flexibility index (Phi) is 3.09. The predicted molar refractivity (Wildman–Crippen MR) is 85.9 cm³/mol. The van der Waals surface area contributed by atoms with E-state index in [0.717, 1.165) is 10.9 Å². The third-order valence-corrected chi connectivity index (χ3v) is 3.33. The molecule has 4 nitrogen and oxygen atoms in total. The van der Waals surface area contributed by atoms with Crippen LogP contribution in [0.1, 0.15) is 26.6 Å². The van der Waals surface area contributed by atoms with E-state index in [0.29, 0.717) is 11.6 Å². The summed E-state index contributed by atoms with van der Waals surface area (Å²) in [4.78, 5) is 13.1. The van der Waals surface area contributed by atoms with Crippen LogP contribution in [0.5, 0.6) is 0 Å². The first-order valence-electron chi connectivity index (χ1n) is 6.95. The molecule has 0 fully saturated rings. The Labute approximate surface area is 124 Å². The van der Waals surface area contributed by atoms with Crippen LogP contribution in [0.4, 0.5) is 5.95 Å². The summed E-state index contributed by atoms with van der Waals surface area (Å²) in [6, 6.07) is 14.4. The van der Waals surface area contributed by atoms with Crippen LogP contribution >= 0.6 is 0 Å². The molecule has 0 atom stereocenters. The lowest BCUT2D eigenvalue weighted by molar-refractivity contribution is 0.544. The highest BCUT2D eigenvalue weighted by Crippen LogP contribution is 2.25. The van der Waals surface area contributed by atoms with Gasteiger partial charge in [-0.15, -0.1) is 0 Å². The molecule has 0 spiro atoms. The summed E-state index contributed by atoms with van der Waals surface area (Å²) in [7, 11) is 0. The van der Waals surface area contributed by atoms with Crippen molar-refractivity contribution in [2.75, 3.05) is 5.73 Å². The molecule has 0 saturated heterocycles. The number of anilines is 1. The maximum atomic E-state index is 5.84. The van der Waals surface area contributed by atoms with Gasteiger partial charge in [-0.1, -0.05) is 57.2 Å². The number of nitrogens with zero attached hydrogens (tertiary/aromatic N) is 3. The van der Waals surface area contributed by atoms with E-state index in [-0.39, 0.29) is 11.4 Å². The molecule has 0 unspecified atom stereocenters. The minimum Gasteiger partial charge on any atom is -0.368 e. The Morgan fingerprint density at radius 3 is 2.29 bits per heavy atom. The Morgan fingerprint density at radius 1 is 0.857 bits per heavy atom. The lowest BCUT2D eigenvalue weighted by Crippen LogP contribution is -2.18. The summed E-state index contributed by atoms with van der Waals surface area (Å²) < 4.78 is 0. The number of hydrogen-bond donors (Lipinski definition) is 1. The van der Waals surface area contributed by atoms with Gasteiger partial charge in [0.05, 0.1) is 0 Å². The van der Waals surface area contributed by atoms with Gasteiger partial charge in [0.1, 0.15) is 5.82 Å². The Morgan fingerprint density at radius 2 is 1.57 bits per heavy atom. The molecule has 0 radical (unpaired) electrons. The van der Waals surface area contributed by atoms with E-state index in [1.54, 1.807) is 0 Å². The normalized spacial score (nSPS) is 11.8. The number of nitrogens with two attached hydrogens (primary N) is 1. The van der Waals surface area contributed by atoms with Crippen molar-refractivity contribution in [3.05, 3.63) is 48.3 Å². The molecule has 2 aromatic carbocycles. The smallest absolute Gasteiger partial charge is 0.223 e. The monoisotopic (exact) mass is 278 g/mol. The molecule has 1 heterocycles. The van der Waals surface area contributed by atoms with E-state index in [4.69, 9.17) is 5.73 Å². The van der Waals surface area contributed by atoms with E-state index < -0.39 is 0 Å². The first kappa shape index (κ1) is 13.5. The minimum absolute atomic E-state index is 0.164. The third kappa shape index (κ3) is 2.70. The minimum atomic E-state index is -0.164. The van der Waals surface area contributed by atoms with Gasteiger partial charge in [0.2, 0.25) is 5.95 Å². The topological polar surface area (TPSA) is 64.7 Å². The van der Waals surface area contributed by atoms with Crippen molar-refractivity contribution in [3.63, 3.8) is 0 Å². The molecule has 1 aromatic heterocycles. The van der Waals surface area contributed by atoms with E-state index >= 15 is 0 Å². The van der Waals surface area contributed by atoms with Crippen molar-refractivity contribution in [2.45, 2.75) is 26.2 Å². The van der Waals surface area contributed by atoms with Crippen LogP contribution in [0.3, 0.4) is 0 Å². The Bertz CT molecular complexity index is 803. The van der Waals surface area contributed by atoms with Crippen LogP contribution < -0.4 is 5.73 Å². The van der Waals surface area contributed by atoms with Crippen LogP contribution in [-0.2, 0) is 5.41 Å². The lowest BCUT2D eigenvalue weighted by atomic mass is 9.95. The molecule has 0 aliphatic heterocycles. The third-order valence-electron chi connectivity index (χ3n) is 3.33. The number of fused-ring (bicyclic) bond motifs is 1. The summed E-state index contributed by atoms with van der Waals surface area (Å²) >= 11 is 0. The van der Waals surface area contributed by atoms with Gasteiger partial charge in [-0.3, -0.25) is 0 Å². The van der Waals surface area contributed by atoms with Crippen molar-refractivity contribution < 1.29 is 0 Å². The highest BCUT2D eigenvalue weighted by Gasteiger charge is 2.19. The quantitative estimate of drug-likeness (QED) is 0.739. The fourth-order valence-electron chi connectivity index (χ4n) is 2.19. The maximum absolute atomic E-state index is 5.84. The number of hydrogen-bond acceptors (Lipinski definition) is 4. The molecule has 2 N–H and O–H groups in total. The zero-order valence-corrected chi connectivity index (χ0v) is 12.5. The summed E-state index contributed by atoms with van der Waals surface area (Å²) in [6.45, 7) is 6.18. The second kappa shape index (κ2) is 4.81. The Balaban J connectivity index is 2.16. The SMILES string of the molecule is CC(C)(C)c1nc(N)nc(-c2ccc3ccccc3c2)n1. The fraction of sp³-hybridized carbons (Fsp3) is 0.235. The van der Waals surface area contributed by atoms with E-state index in [1.165, 1.54) is 5.39 Å². The van der Waals surface area contributed by atoms with Gasteiger partial charge in [-0.25, -0.2) is 4.98 Å². The number of rotatable bonds is 1. The highest BCUT2D eigenvalue weighted by molar-refractivity contribution is 5.86. The first-order valence-corrected chi connectivity index (χ1v) is 6.95. The van der Waals surface area contributed by atoms with Gasteiger partial charge in [0, 0.05) is 11.0 Å². The van der Waals surface area contributed by atoms with Crippen molar-refractivity contribution in [3.8, 4) is 11.4 Å². The molecular weight excluding hydrogens is 260 g/mol. The molecule has 106 valence electrons. The standard InChI is InChI=1S/C17H18N4/c1-17(2,3)15-19-14(20-16(18)21-15)13-9-8-11-6-4-5-7-12(11)10-13/h4-10H,1-3H3,(H2,18,19,20,21). The summed E-state index contributed by atoms with van der Waals surface area (Å²) in [5.41, 5.74) is 6.63.